The summed E-state index contributed by atoms with van der Waals surface area (Å²) in [6, 6.07) is 14.2. The van der Waals surface area contributed by atoms with Gasteiger partial charge in [-0.1, -0.05) is 35.9 Å². The first-order valence-electron chi connectivity index (χ1n) is 10.7. The summed E-state index contributed by atoms with van der Waals surface area (Å²) in [4.78, 5) is 35.1. The number of carbonyl (C=O) groups excluding carboxylic acids is 1. The second-order valence-corrected chi connectivity index (χ2v) is 8.19. The average molecular weight is 526 g/mol. The summed E-state index contributed by atoms with van der Waals surface area (Å²) >= 11 is 5.64. The van der Waals surface area contributed by atoms with E-state index in [0.29, 0.717) is 39.1 Å². The molecule has 0 aliphatic heterocycles. The number of hydrogen-bond acceptors (Lipinski definition) is 5. The number of nitrogens with one attached hydrogen (secondary N) is 3. The number of hydrogen-bond donors (Lipinski definition) is 3. The summed E-state index contributed by atoms with van der Waals surface area (Å²) in [5, 5.41) is 5.79. The van der Waals surface area contributed by atoms with Gasteiger partial charge in [-0.25, -0.2) is 14.8 Å². The number of carbonyl (C=O) groups is 1. The maximum Gasteiger partial charge on any atom is 0.417 e. The monoisotopic (exact) mass is 525 g/mol. The van der Waals surface area contributed by atoms with E-state index in [1.807, 2.05) is 0 Å². The molecule has 12 heteroatoms. The van der Waals surface area contributed by atoms with Crippen LogP contribution in [-0.2, 0) is 6.18 Å². The third-order valence-corrected chi connectivity index (χ3v) is 5.66. The van der Waals surface area contributed by atoms with E-state index in [4.69, 9.17) is 16.3 Å². The minimum atomic E-state index is -4.67. The Kier molecular flexibility index (Phi) is 6.14. The fourth-order valence-electron chi connectivity index (χ4n) is 3.70. The summed E-state index contributed by atoms with van der Waals surface area (Å²) in [5.41, 5.74) is -0.539. The highest BCUT2D eigenvalue weighted by atomic mass is 35.5. The number of aromatic nitrogens is 3. The second kappa shape index (κ2) is 9.43. The van der Waals surface area contributed by atoms with Crippen LogP contribution in [0, 0.1) is 0 Å². The van der Waals surface area contributed by atoms with E-state index in [-0.39, 0.29) is 5.69 Å². The van der Waals surface area contributed by atoms with Crippen molar-refractivity contribution in [2.45, 2.75) is 6.18 Å². The van der Waals surface area contributed by atoms with Gasteiger partial charge >= 0.3 is 12.2 Å². The molecule has 0 unspecified atom stereocenters. The minimum Gasteiger partial charge on any atom is -0.454 e. The van der Waals surface area contributed by atoms with Crippen LogP contribution in [0.5, 0.6) is 11.5 Å². The highest BCUT2D eigenvalue weighted by Crippen LogP contribution is 2.37. The van der Waals surface area contributed by atoms with Crippen molar-refractivity contribution >= 4 is 50.9 Å². The highest BCUT2D eigenvalue weighted by Gasteiger charge is 2.33. The molecule has 0 aliphatic rings. The average Bonchev–Trinajstić information content (AvgIpc) is 2.86. The Bertz CT molecular complexity index is 1720. The number of H-pyrrole nitrogens is 1. The van der Waals surface area contributed by atoms with Gasteiger partial charge in [-0.3, -0.25) is 4.79 Å². The Balaban J connectivity index is 1.43. The van der Waals surface area contributed by atoms with Gasteiger partial charge in [0.1, 0.15) is 11.3 Å². The van der Waals surface area contributed by atoms with Crippen LogP contribution in [-0.4, -0.2) is 21.0 Å². The lowest BCUT2D eigenvalue weighted by Gasteiger charge is -2.15. The lowest BCUT2D eigenvalue weighted by Crippen LogP contribution is -2.20. The molecule has 37 heavy (non-hydrogen) atoms. The minimum absolute atomic E-state index is 0.0781. The van der Waals surface area contributed by atoms with Crippen LogP contribution in [0.4, 0.5) is 29.3 Å². The number of aromatic amines is 1. The standard InChI is InChI=1S/C25H15ClF3N5O3/c26-17-6-5-13(11-16(17)25(27,28)29)32-24(36)33-18-7-8-19(15-4-2-1-3-14(15)18)37-20-9-10-30-23-22(20)34-21(35)12-31-23/h1-12H,(H,34,35)(H2,32,33,36). The van der Waals surface area contributed by atoms with Gasteiger partial charge in [-0.15, -0.1) is 0 Å². The van der Waals surface area contributed by atoms with Crippen LogP contribution in [0.2, 0.25) is 5.02 Å². The van der Waals surface area contributed by atoms with Gasteiger partial charge in [0.05, 0.1) is 22.5 Å². The quantitative estimate of drug-likeness (QED) is 0.245. The van der Waals surface area contributed by atoms with E-state index < -0.39 is 28.4 Å². The number of fused-ring (bicyclic) bond motifs is 2. The zero-order chi connectivity index (χ0) is 26.2. The maximum atomic E-state index is 13.1. The molecule has 3 N–H and O–H groups in total. The predicted molar refractivity (Wildman–Crippen MR) is 133 cm³/mol. The van der Waals surface area contributed by atoms with Gasteiger partial charge < -0.3 is 20.4 Å². The molecule has 2 aromatic heterocycles. The van der Waals surface area contributed by atoms with E-state index in [9.17, 15) is 22.8 Å². The van der Waals surface area contributed by atoms with Gasteiger partial charge in [0.15, 0.2) is 11.4 Å². The number of nitrogens with zero attached hydrogens (tertiary/aromatic N) is 2. The van der Waals surface area contributed by atoms with Crippen LogP contribution in [0.1, 0.15) is 5.56 Å². The fourth-order valence-corrected chi connectivity index (χ4v) is 3.93. The summed E-state index contributed by atoms with van der Waals surface area (Å²) in [6.07, 6.45) is -2.05. The van der Waals surface area contributed by atoms with Crippen molar-refractivity contribution in [1.29, 1.82) is 0 Å². The molecule has 5 aromatic rings. The van der Waals surface area contributed by atoms with Gasteiger partial charge in [0.2, 0.25) is 0 Å². The summed E-state index contributed by atoms with van der Waals surface area (Å²) in [6.45, 7) is 0. The molecular weight excluding hydrogens is 511 g/mol. The lowest BCUT2D eigenvalue weighted by molar-refractivity contribution is -0.137. The summed E-state index contributed by atoms with van der Waals surface area (Å²) in [7, 11) is 0. The van der Waals surface area contributed by atoms with E-state index >= 15 is 0 Å². The van der Waals surface area contributed by atoms with Gasteiger partial charge in [-0.2, -0.15) is 13.2 Å². The Morgan fingerprint density at radius 3 is 2.51 bits per heavy atom. The Morgan fingerprint density at radius 1 is 0.946 bits per heavy atom. The zero-order valence-electron chi connectivity index (χ0n) is 18.6. The normalized spacial score (nSPS) is 11.5. The number of halogens is 4. The molecule has 0 atom stereocenters. The zero-order valence-corrected chi connectivity index (χ0v) is 19.3. The third-order valence-electron chi connectivity index (χ3n) is 5.33. The summed E-state index contributed by atoms with van der Waals surface area (Å²) in [5.74, 6) is 0.744. The number of anilines is 2. The number of amides is 2. The van der Waals surface area contributed by atoms with E-state index in [1.165, 1.54) is 12.3 Å². The molecule has 0 saturated heterocycles. The highest BCUT2D eigenvalue weighted by molar-refractivity contribution is 6.31. The molecule has 5 rings (SSSR count). The van der Waals surface area contributed by atoms with Gasteiger partial charge in [-0.05, 0) is 30.3 Å². The van der Waals surface area contributed by atoms with Crippen molar-refractivity contribution < 1.29 is 22.7 Å². The molecule has 0 radical (unpaired) electrons. The van der Waals surface area contributed by atoms with Gasteiger partial charge in [0, 0.05) is 28.7 Å². The van der Waals surface area contributed by atoms with E-state index in [2.05, 4.69) is 25.6 Å². The molecule has 0 saturated carbocycles. The largest absolute Gasteiger partial charge is 0.454 e. The number of pyridine rings is 1. The first-order chi connectivity index (χ1) is 17.7. The maximum absolute atomic E-state index is 13.1. The van der Waals surface area contributed by atoms with Crippen molar-refractivity contribution in [1.82, 2.24) is 15.0 Å². The summed E-state index contributed by atoms with van der Waals surface area (Å²) < 4.78 is 45.5. The number of ether oxygens (including phenoxy) is 1. The van der Waals surface area contributed by atoms with Crippen molar-refractivity contribution in [2.24, 2.45) is 0 Å². The van der Waals surface area contributed by atoms with Crippen molar-refractivity contribution in [2.75, 3.05) is 10.6 Å². The smallest absolute Gasteiger partial charge is 0.417 e. The molecular formula is C25H15ClF3N5O3. The Morgan fingerprint density at radius 2 is 1.73 bits per heavy atom. The topological polar surface area (TPSA) is 109 Å². The molecule has 0 bridgehead atoms. The molecule has 0 aliphatic carbocycles. The molecule has 2 heterocycles. The Labute approximate surface area is 211 Å². The van der Waals surface area contributed by atoms with E-state index in [0.717, 1.165) is 18.3 Å². The van der Waals surface area contributed by atoms with Crippen molar-refractivity contribution in [3.63, 3.8) is 0 Å². The number of benzene rings is 3. The van der Waals surface area contributed by atoms with Crippen LogP contribution in [0.25, 0.3) is 21.9 Å². The van der Waals surface area contributed by atoms with Crippen LogP contribution in [0.3, 0.4) is 0 Å². The molecule has 0 fully saturated rings. The first-order valence-corrected chi connectivity index (χ1v) is 11.1. The molecule has 8 nitrogen and oxygen atoms in total. The SMILES string of the molecule is O=C(Nc1ccc(Cl)c(C(F)(F)F)c1)Nc1ccc(Oc2ccnc3ncc(=O)[nH]c23)c2ccccc12. The predicted octanol–water partition coefficient (Wildman–Crippen LogP) is 6.58. The molecule has 3 aromatic carbocycles. The molecule has 2 amide bonds. The second-order valence-electron chi connectivity index (χ2n) is 7.79. The van der Waals surface area contributed by atoms with Crippen LogP contribution in [0.15, 0.2) is 77.9 Å². The van der Waals surface area contributed by atoms with Crippen molar-refractivity contribution in [3.8, 4) is 11.5 Å². The fraction of sp³-hybridized carbons (Fsp3) is 0.0400. The molecule has 0 spiro atoms. The lowest BCUT2D eigenvalue weighted by atomic mass is 10.1. The Hall–Kier alpha value is -4.64. The van der Waals surface area contributed by atoms with Gasteiger partial charge in [0.25, 0.3) is 5.56 Å². The van der Waals surface area contributed by atoms with Crippen LogP contribution < -0.4 is 20.9 Å². The first kappa shape index (κ1) is 24.1. The number of rotatable bonds is 4. The van der Waals surface area contributed by atoms with Crippen molar-refractivity contribution in [3.05, 3.63) is 94.0 Å². The third kappa shape index (κ3) is 5.02. The number of urea groups is 1. The van der Waals surface area contributed by atoms with E-state index in [1.54, 1.807) is 42.5 Å². The molecule has 186 valence electrons. The number of alkyl halides is 3. The van der Waals surface area contributed by atoms with Crippen LogP contribution >= 0.6 is 11.6 Å².